The number of rotatable bonds is 11. The van der Waals surface area contributed by atoms with Crippen LogP contribution in [0.3, 0.4) is 0 Å². The van der Waals surface area contributed by atoms with E-state index in [1.165, 1.54) is 7.11 Å². The third-order valence-corrected chi connectivity index (χ3v) is 10.4. The number of methoxy groups -OCH3 is 2. The Kier molecular flexibility index (Phi) is 12.3. The largest absolute Gasteiger partial charge is 0.481 e. The number of anilines is 2. The first-order valence-corrected chi connectivity index (χ1v) is 18.1. The molecule has 0 saturated carbocycles. The van der Waals surface area contributed by atoms with Gasteiger partial charge in [0.05, 0.1) is 48.1 Å². The zero-order chi connectivity index (χ0) is 36.6. The predicted molar refractivity (Wildman–Crippen MR) is 205 cm³/mol. The number of likely N-dealkylation sites (tertiary alicyclic amines) is 1. The fraction of sp³-hybridized carbons (Fsp3) is 0.350. The molecule has 0 spiro atoms. The summed E-state index contributed by atoms with van der Waals surface area (Å²) in [6.07, 6.45) is 4.71. The van der Waals surface area contributed by atoms with Gasteiger partial charge in [-0.05, 0) is 57.5 Å². The van der Waals surface area contributed by atoms with Crippen LogP contribution in [-0.4, -0.2) is 73.2 Å². The lowest BCUT2D eigenvalue weighted by Gasteiger charge is -2.28. The maximum absolute atomic E-state index is 11.8. The molecule has 2 aliphatic rings. The molecular formula is C40H42Cl2N6O4. The number of halogens is 2. The number of nitrogens with zero attached hydrogens (tertiary/aromatic N) is 3. The van der Waals surface area contributed by atoms with E-state index in [2.05, 4.69) is 37.7 Å². The average molecular weight is 742 g/mol. The lowest BCUT2D eigenvalue weighted by Crippen LogP contribution is -2.36. The van der Waals surface area contributed by atoms with E-state index in [0.29, 0.717) is 59.2 Å². The third-order valence-electron chi connectivity index (χ3n) is 9.59. The Morgan fingerprint density at radius 3 is 2.48 bits per heavy atom. The molecule has 6 rings (SSSR count). The third kappa shape index (κ3) is 8.68. The van der Waals surface area contributed by atoms with E-state index in [4.69, 9.17) is 37.7 Å². The summed E-state index contributed by atoms with van der Waals surface area (Å²) in [5.41, 5.74) is 6.31. The highest BCUT2D eigenvalue weighted by molar-refractivity contribution is 6.39. The lowest BCUT2D eigenvalue weighted by molar-refractivity contribution is -0.147. The van der Waals surface area contributed by atoms with Crippen molar-refractivity contribution in [2.45, 2.75) is 45.2 Å². The Morgan fingerprint density at radius 1 is 1.00 bits per heavy atom. The smallest absolute Gasteiger partial charge is 0.308 e. The van der Waals surface area contributed by atoms with E-state index in [0.717, 1.165) is 65.7 Å². The van der Waals surface area contributed by atoms with E-state index in [-0.39, 0.29) is 23.8 Å². The fourth-order valence-corrected chi connectivity index (χ4v) is 7.18. The molecule has 1 amide bonds. The highest BCUT2D eigenvalue weighted by Gasteiger charge is 2.25. The highest BCUT2D eigenvalue weighted by Crippen LogP contribution is 2.42. The zero-order valence-corrected chi connectivity index (χ0v) is 31.0. The van der Waals surface area contributed by atoms with Crippen LogP contribution in [-0.2, 0) is 20.9 Å². The van der Waals surface area contributed by atoms with Crippen molar-refractivity contribution in [2.24, 2.45) is 5.92 Å². The number of carbonyl (C=O) groups is 2. The van der Waals surface area contributed by atoms with Gasteiger partial charge in [-0.1, -0.05) is 71.4 Å². The van der Waals surface area contributed by atoms with Gasteiger partial charge in [0, 0.05) is 65.1 Å². The minimum atomic E-state index is -0.126. The lowest BCUT2D eigenvalue weighted by atomic mass is 9.97. The molecule has 270 valence electrons. The van der Waals surface area contributed by atoms with E-state index in [1.54, 1.807) is 13.3 Å². The maximum Gasteiger partial charge on any atom is 0.308 e. The average Bonchev–Trinajstić information content (AvgIpc) is 3.58. The van der Waals surface area contributed by atoms with Crippen LogP contribution < -0.4 is 20.7 Å². The number of esters is 1. The normalized spacial score (nSPS) is 16.2. The van der Waals surface area contributed by atoms with E-state index >= 15 is 0 Å². The summed E-state index contributed by atoms with van der Waals surface area (Å²) in [4.78, 5) is 35.0. The summed E-state index contributed by atoms with van der Waals surface area (Å²) >= 11 is 14.1. The topological polar surface area (TPSA) is 118 Å². The first kappa shape index (κ1) is 37.1. The molecule has 2 aromatic carbocycles. The number of piperidine rings is 1. The first-order chi connectivity index (χ1) is 25.2. The van der Waals surface area contributed by atoms with Gasteiger partial charge in [-0.25, -0.2) is 9.97 Å². The van der Waals surface area contributed by atoms with Crippen LogP contribution >= 0.6 is 23.2 Å². The Hall–Kier alpha value is -4.66. The summed E-state index contributed by atoms with van der Waals surface area (Å²) in [7, 11) is 3.04. The summed E-state index contributed by atoms with van der Waals surface area (Å²) in [6, 6.07) is 17.5. The van der Waals surface area contributed by atoms with E-state index in [9.17, 15) is 9.59 Å². The highest BCUT2D eigenvalue weighted by atomic mass is 35.5. The Labute approximate surface area is 314 Å². The van der Waals surface area contributed by atoms with Crippen LogP contribution in [0.2, 0.25) is 10.0 Å². The van der Waals surface area contributed by atoms with Crippen LogP contribution in [0.25, 0.3) is 22.4 Å². The number of hydrogen-bond donors (Lipinski definition) is 3. The molecule has 2 saturated heterocycles. The first-order valence-electron chi connectivity index (χ1n) is 17.4. The minimum absolute atomic E-state index is 0.0253. The minimum Gasteiger partial charge on any atom is -0.481 e. The van der Waals surface area contributed by atoms with Crippen LogP contribution in [0, 0.1) is 24.7 Å². The van der Waals surface area contributed by atoms with Gasteiger partial charge in [-0.2, -0.15) is 0 Å². The second kappa shape index (κ2) is 17.2. The van der Waals surface area contributed by atoms with Crippen molar-refractivity contribution >= 4 is 46.6 Å². The monoisotopic (exact) mass is 740 g/mol. The summed E-state index contributed by atoms with van der Waals surface area (Å²) in [6.45, 7) is 5.47. The quantitative estimate of drug-likeness (QED) is 0.113. The van der Waals surface area contributed by atoms with E-state index in [1.807, 2.05) is 61.5 Å². The van der Waals surface area contributed by atoms with Gasteiger partial charge in [0.2, 0.25) is 11.8 Å². The molecular weight excluding hydrogens is 699 g/mol. The molecule has 4 heterocycles. The Bertz CT molecular complexity index is 2000. The van der Waals surface area contributed by atoms with Gasteiger partial charge < -0.3 is 25.4 Å². The van der Waals surface area contributed by atoms with Crippen LogP contribution in [0.5, 0.6) is 5.88 Å². The SMILES string of the molecule is COC(=O)C1CCN(CC#Cc2ccnc(Nc3cccc(-c4cccc(-c5ccc(CNC[C@@H]6CCC(=O)N6)c(OC)n5)c4Cl)c3Cl)c2C)CC1. The predicted octanol–water partition coefficient (Wildman–Crippen LogP) is 6.78. The number of nitrogens with one attached hydrogen (secondary N) is 3. The van der Waals surface area contributed by atoms with Gasteiger partial charge in [-0.3, -0.25) is 14.5 Å². The summed E-state index contributed by atoms with van der Waals surface area (Å²) in [5, 5.41) is 10.8. The molecule has 2 aromatic heterocycles. The van der Waals surface area contributed by atoms with Gasteiger partial charge >= 0.3 is 5.97 Å². The summed E-state index contributed by atoms with van der Waals surface area (Å²) in [5.74, 6) is 7.70. The fourth-order valence-electron chi connectivity index (χ4n) is 6.58. The molecule has 0 unspecified atom stereocenters. The molecule has 12 heteroatoms. The van der Waals surface area contributed by atoms with Gasteiger partial charge in [0.15, 0.2) is 0 Å². The van der Waals surface area contributed by atoms with Crippen LogP contribution in [0.4, 0.5) is 11.5 Å². The van der Waals surface area contributed by atoms with E-state index < -0.39 is 0 Å². The van der Waals surface area contributed by atoms with Crippen molar-refractivity contribution in [3.63, 3.8) is 0 Å². The molecule has 0 bridgehead atoms. The Balaban J connectivity index is 1.15. The molecule has 3 N–H and O–H groups in total. The Morgan fingerprint density at radius 2 is 1.75 bits per heavy atom. The van der Waals surface area contributed by atoms with Gasteiger partial charge in [-0.15, -0.1) is 0 Å². The number of aromatic nitrogens is 2. The summed E-state index contributed by atoms with van der Waals surface area (Å²) < 4.78 is 10.6. The van der Waals surface area contributed by atoms with Gasteiger partial charge in [0.25, 0.3) is 0 Å². The number of hydrogen-bond acceptors (Lipinski definition) is 9. The second-order valence-corrected chi connectivity index (χ2v) is 13.7. The van der Waals surface area contributed by atoms with Crippen LogP contribution in [0.1, 0.15) is 42.4 Å². The van der Waals surface area contributed by atoms with Gasteiger partial charge in [0.1, 0.15) is 5.82 Å². The molecule has 52 heavy (non-hydrogen) atoms. The van der Waals surface area contributed by atoms with Crippen molar-refractivity contribution in [3.8, 4) is 40.1 Å². The van der Waals surface area contributed by atoms with Crippen molar-refractivity contribution in [3.05, 3.63) is 87.5 Å². The molecule has 4 aromatic rings. The van der Waals surface area contributed by atoms with Crippen molar-refractivity contribution in [2.75, 3.05) is 45.7 Å². The van der Waals surface area contributed by atoms with Crippen molar-refractivity contribution < 1.29 is 19.1 Å². The molecule has 0 aliphatic carbocycles. The van der Waals surface area contributed by atoms with Crippen molar-refractivity contribution in [1.29, 1.82) is 0 Å². The standard InChI is InChI=1S/C40H42Cl2N6O4/c1-25-26(7-6-20-48-21-17-27(18-22-48)40(50)52-3)16-19-44-38(25)46-34-11-5-9-31(37(34)42)30-8-4-10-32(36(30)41)33-14-12-28(39(47-33)51-2)23-43-24-29-13-15-35(49)45-29/h4-5,8-12,14,16,19,27,29,43H,13,15,17-18,20-24H2,1-3H3,(H,44,46)(H,45,49)/t29-/m0/s1. The number of ether oxygens (including phenoxy) is 2. The van der Waals surface area contributed by atoms with Crippen molar-refractivity contribution in [1.82, 2.24) is 25.5 Å². The number of amides is 1. The number of carbonyl (C=O) groups excluding carboxylic acids is 2. The molecule has 2 aliphatic heterocycles. The molecule has 1 atom stereocenters. The molecule has 2 fully saturated rings. The number of pyridine rings is 2. The molecule has 0 radical (unpaired) electrons. The number of benzene rings is 2. The zero-order valence-electron chi connectivity index (χ0n) is 29.5. The second-order valence-electron chi connectivity index (χ2n) is 13.0. The van der Waals surface area contributed by atoms with Crippen LogP contribution in [0.15, 0.2) is 60.8 Å². The maximum atomic E-state index is 11.8. The molecule has 10 nitrogen and oxygen atoms in total.